The van der Waals surface area contributed by atoms with Crippen LogP contribution in [0.3, 0.4) is 0 Å². The number of carbonyl (C=O) groups excluding carboxylic acids is 4. The van der Waals surface area contributed by atoms with Crippen LogP contribution in [-0.2, 0) is 65.4 Å². The van der Waals surface area contributed by atoms with E-state index in [0.717, 1.165) is 114 Å². The first-order valence-corrected chi connectivity index (χ1v) is 44.2. The third kappa shape index (κ3) is 74.1. The van der Waals surface area contributed by atoms with E-state index in [4.69, 9.17) is 37.0 Å². The number of unbranched alkanes of at least 4 members (excludes halogenated alkanes) is 43. The molecular formula is C80H156O17P2. The fourth-order valence-corrected chi connectivity index (χ4v) is 13.8. The number of hydrogen-bond donors (Lipinski definition) is 3. The Bertz CT molecular complexity index is 1940. The Hall–Kier alpha value is -1.94. The Balaban J connectivity index is 5.23. The van der Waals surface area contributed by atoms with Crippen molar-refractivity contribution in [2.24, 2.45) is 23.7 Å². The number of aliphatic hydroxyl groups is 1. The lowest BCUT2D eigenvalue weighted by atomic mass is 10.0. The van der Waals surface area contributed by atoms with Crippen LogP contribution >= 0.6 is 15.6 Å². The summed E-state index contributed by atoms with van der Waals surface area (Å²) in [7, 11) is -9.92. The molecule has 19 heteroatoms. The molecule has 3 N–H and O–H groups in total. The minimum absolute atomic E-state index is 0.106. The third-order valence-corrected chi connectivity index (χ3v) is 20.5. The summed E-state index contributed by atoms with van der Waals surface area (Å²) in [6, 6.07) is 0. The SMILES string of the molecule is CC(C)CCCCCCCCCCCCCCCCCCC(=O)OC[C@H](COP(=O)(O)OCC(O)COP(=O)(O)OC[C@@H](COC(=O)CCCCCCCCCC(C)C)OC(=O)CCCCCCCCCCCCCCCC(C)C)OC(=O)CCCCCCCCCCCCCC(C)C. The van der Waals surface area contributed by atoms with Gasteiger partial charge in [-0.05, 0) is 49.4 Å². The number of phosphoric acid groups is 2. The molecule has 0 saturated heterocycles. The number of ether oxygens (including phenoxy) is 4. The van der Waals surface area contributed by atoms with Crippen molar-refractivity contribution in [2.45, 2.75) is 427 Å². The van der Waals surface area contributed by atoms with E-state index in [1.165, 1.54) is 205 Å². The highest BCUT2D eigenvalue weighted by molar-refractivity contribution is 7.47. The first kappa shape index (κ1) is 97.1. The Morgan fingerprint density at radius 1 is 0.253 bits per heavy atom. The predicted molar refractivity (Wildman–Crippen MR) is 404 cm³/mol. The van der Waals surface area contributed by atoms with Gasteiger partial charge in [0.05, 0.1) is 26.4 Å². The third-order valence-electron chi connectivity index (χ3n) is 18.6. The van der Waals surface area contributed by atoms with Gasteiger partial charge >= 0.3 is 39.5 Å². The summed E-state index contributed by atoms with van der Waals surface area (Å²) in [5, 5.41) is 10.6. The quantitative estimate of drug-likeness (QED) is 0.0222. The molecule has 0 aromatic rings. The maximum absolute atomic E-state index is 13.1. The molecule has 0 aliphatic heterocycles. The standard InChI is InChI=1S/C80H156O17P2/c1-70(2)56-48-40-32-25-19-14-11-9-10-12-16-22-28-36-44-52-60-77(82)90-66-75(96-80(85)63-55-47-38-30-24-18-21-27-34-42-50-58-72(5)6)68-94-98(86,87)92-64-74(81)65-93-99(88,89)95-69-76(67-91-78(83)61-53-45-39-31-35-43-51-59-73(7)8)97-79(84)62-54-46-37-29-23-17-13-15-20-26-33-41-49-57-71(3)4/h70-76,81H,9-69H2,1-8H3,(H,86,87)(H,88,89)/t74?,75-,76-/m1/s1. The molecular weight excluding hydrogens is 1290 g/mol. The molecule has 0 bridgehead atoms. The lowest BCUT2D eigenvalue weighted by molar-refractivity contribution is -0.161. The van der Waals surface area contributed by atoms with Crippen LogP contribution in [0, 0.1) is 23.7 Å². The van der Waals surface area contributed by atoms with Crippen molar-refractivity contribution in [1.82, 2.24) is 0 Å². The van der Waals surface area contributed by atoms with Gasteiger partial charge < -0.3 is 33.8 Å². The maximum atomic E-state index is 13.1. The summed E-state index contributed by atoms with van der Waals surface area (Å²) in [4.78, 5) is 73.0. The maximum Gasteiger partial charge on any atom is 0.472 e. The van der Waals surface area contributed by atoms with Crippen molar-refractivity contribution in [3.8, 4) is 0 Å². The van der Waals surface area contributed by atoms with Gasteiger partial charge in [0.2, 0.25) is 0 Å². The Kier molecular flexibility index (Phi) is 67.8. The molecule has 17 nitrogen and oxygen atoms in total. The van der Waals surface area contributed by atoms with Crippen molar-refractivity contribution >= 4 is 39.5 Å². The molecule has 5 atom stereocenters. The van der Waals surface area contributed by atoms with Crippen LogP contribution in [0.15, 0.2) is 0 Å². The van der Waals surface area contributed by atoms with Gasteiger partial charge in [0.1, 0.15) is 19.3 Å². The summed E-state index contributed by atoms with van der Waals surface area (Å²) in [5.74, 6) is 0.954. The molecule has 0 saturated carbocycles. The number of rotatable bonds is 77. The zero-order chi connectivity index (χ0) is 73.1. The normalized spacial score (nSPS) is 14.1. The number of hydrogen-bond acceptors (Lipinski definition) is 15. The van der Waals surface area contributed by atoms with Crippen molar-refractivity contribution in [1.29, 1.82) is 0 Å². The smallest absolute Gasteiger partial charge is 0.462 e. The number of phosphoric ester groups is 2. The van der Waals surface area contributed by atoms with Gasteiger partial charge in [-0.15, -0.1) is 0 Å². The minimum Gasteiger partial charge on any atom is -0.462 e. The van der Waals surface area contributed by atoms with E-state index in [1.54, 1.807) is 0 Å². The fourth-order valence-electron chi connectivity index (χ4n) is 12.3. The first-order valence-electron chi connectivity index (χ1n) is 41.2. The Labute approximate surface area is 607 Å². The van der Waals surface area contributed by atoms with Crippen molar-refractivity contribution in [3.05, 3.63) is 0 Å². The van der Waals surface area contributed by atoms with Crippen LogP contribution in [0.5, 0.6) is 0 Å². The van der Waals surface area contributed by atoms with Crippen LogP contribution in [0.25, 0.3) is 0 Å². The highest BCUT2D eigenvalue weighted by Crippen LogP contribution is 2.45. The van der Waals surface area contributed by atoms with Gasteiger partial charge in [-0.2, -0.15) is 0 Å². The molecule has 0 heterocycles. The van der Waals surface area contributed by atoms with E-state index in [9.17, 15) is 43.2 Å². The van der Waals surface area contributed by atoms with Crippen molar-refractivity contribution in [3.63, 3.8) is 0 Å². The second kappa shape index (κ2) is 69.1. The average molecular weight is 1450 g/mol. The van der Waals surface area contributed by atoms with Gasteiger partial charge in [-0.25, -0.2) is 9.13 Å². The van der Waals surface area contributed by atoms with E-state index in [-0.39, 0.29) is 25.7 Å². The topological polar surface area (TPSA) is 237 Å². The lowest BCUT2D eigenvalue weighted by Crippen LogP contribution is -2.30. The average Bonchev–Trinajstić information content (AvgIpc) is 1.03. The largest absolute Gasteiger partial charge is 0.472 e. The number of aliphatic hydroxyl groups excluding tert-OH is 1. The zero-order valence-electron chi connectivity index (χ0n) is 65.1. The van der Waals surface area contributed by atoms with E-state index in [1.807, 2.05) is 0 Å². The van der Waals surface area contributed by atoms with Gasteiger partial charge in [0.25, 0.3) is 0 Å². The predicted octanol–water partition coefficient (Wildman–Crippen LogP) is 23.6. The second-order valence-electron chi connectivity index (χ2n) is 30.7. The molecule has 0 aromatic heterocycles. The van der Waals surface area contributed by atoms with Crippen LogP contribution in [0.2, 0.25) is 0 Å². The van der Waals surface area contributed by atoms with E-state index in [0.29, 0.717) is 31.6 Å². The lowest BCUT2D eigenvalue weighted by Gasteiger charge is -2.21. The number of esters is 4. The summed E-state index contributed by atoms with van der Waals surface area (Å²) in [6.07, 6.45) is 55.6. The highest BCUT2D eigenvalue weighted by atomic mass is 31.2. The summed E-state index contributed by atoms with van der Waals surface area (Å²) >= 11 is 0. The second-order valence-corrected chi connectivity index (χ2v) is 33.6. The van der Waals surface area contributed by atoms with Crippen molar-refractivity contribution < 1.29 is 80.2 Å². The Morgan fingerprint density at radius 3 is 0.626 bits per heavy atom. The highest BCUT2D eigenvalue weighted by Gasteiger charge is 2.30. The fraction of sp³-hybridized carbons (Fsp3) is 0.950. The van der Waals surface area contributed by atoms with Crippen LogP contribution in [0.1, 0.15) is 409 Å². The summed E-state index contributed by atoms with van der Waals surface area (Å²) in [5.41, 5.74) is 0. The molecule has 0 aliphatic carbocycles. The van der Waals surface area contributed by atoms with Crippen LogP contribution in [-0.4, -0.2) is 96.7 Å². The van der Waals surface area contributed by atoms with Crippen LogP contribution < -0.4 is 0 Å². The molecule has 0 amide bonds. The number of carbonyl (C=O) groups is 4. The molecule has 0 aliphatic rings. The van der Waals surface area contributed by atoms with E-state index < -0.39 is 97.5 Å². The van der Waals surface area contributed by atoms with Gasteiger partial charge in [0.15, 0.2) is 12.2 Å². The van der Waals surface area contributed by atoms with E-state index in [2.05, 4.69) is 55.4 Å². The van der Waals surface area contributed by atoms with Gasteiger partial charge in [-0.3, -0.25) is 37.3 Å². The first-order chi connectivity index (χ1) is 47.6. The van der Waals surface area contributed by atoms with Gasteiger partial charge in [-0.1, -0.05) is 357 Å². The van der Waals surface area contributed by atoms with Gasteiger partial charge in [0, 0.05) is 25.7 Å². The molecule has 0 radical (unpaired) electrons. The zero-order valence-corrected chi connectivity index (χ0v) is 66.9. The molecule has 0 rings (SSSR count). The molecule has 0 aromatic carbocycles. The summed E-state index contributed by atoms with van der Waals surface area (Å²) in [6.45, 7) is 14.2. The molecule has 0 fully saturated rings. The molecule has 588 valence electrons. The Morgan fingerprint density at radius 2 is 0.424 bits per heavy atom. The molecule has 99 heavy (non-hydrogen) atoms. The summed E-state index contributed by atoms with van der Waals surface area (Å²) < 4.78 is 68.7. The minimum atomic E-state index is -4.96. The molecule has 3 unspecified atom stereocenters. The monoisotopic (exact) mass is 1450 g/mol. The van der Waals surface area contributed by atoms with Crippen LogP contribution in [0.4, 0.5) is 0 Å². The van der Waals surface area contributed by atoms with E-state index >= 15 is 0 Å². The van der Waals surface area contributed by atoms with Crippen molar-refractivity contribution in [2.75, 3.05) is 39.6 Å². The molecule has 0 spiro atoms.